The van der Waals surface area contributed by atoms with E-state index < -0.39 is 0 Å². The molecular weight excluding hydrogens is 266 g/mol. The Morgan fingerprint density at radius 3 is 2.40 bits per heavy atom. The summed E-state index contributed by atoms with van der Waals surface area (Å²) in [5.41, 5.74) is 1.26. The van der Waals surface area contributed by atoms with Crippen molar-refractivity contribution in [1.29, 1.82) is 0 Å². The molecule has 2 rings (SSSR count). The molecule has 1 aromatic heterocycles. The van der Waals surface area contributed by atoms with Gasteiger partial charge in [-0.05, 0) is 29.3 Å². The van der Waals surface area contributed by atoms with E-state index in [1.807, 2.05) is 18.2 Å². The monoisotopic (exact) mass is 289 g/mol. The van der Waals surface area contributed by atoms with Crippen LogP contribution in [0.25, 0.3) is 0 Å². The van der Waals surface area contributed by atoms with E-state index in [9.17, 15) is 5.11 Å². The Morgan fingerprint density at radius 2 is 1.85 bits per heavy atom. The molecule has 0 saturated carbocycles. The lowest BCUT2D eigenvalue weighted by Gasteiger charge is -2.27. The highest BCUT2D eigenvalue weighted by Gasteiger charge is 2.20. The molecule has 3 heteroatoms. The fourth-order valence-electron chi connectivity index (χ4n) is 2.40. The van der Waals surface area contributed by atoms with Gasteiger partial charge in [0.1, 0.15) is 0 Å². The van der Waals surface area contributed by atoms with Gasteiger partial charge in [0.15, 0.2) is 0 Å². The summed E-state index contributed by atoms with van der Waals surface area (Å²) in [4.78, 5) is 1.34. The topological polar surface area (TPSA) is 32.3 Å². The first-order chi connectivity index (χ1) is 9.70. The first-order valence-corrected chi connectivity index (χ1v) is 8.03. The van der Waals surface area contributed by atoms with Gasteiger partial charge in [-0.25, -0.2) is 0 Å². The number of hydrogen-bond acceptors (Lipinski definition) is 3. The van der Waals surface area contributed by atoms with E-state index in [1.165, 1.54) is 10.4 Å². The maximum absolute atomic E-state index is 9.66. The molecule has 2 N–H and O–H groups in total. The van der Waals surface area contributed by atoms with Gasteiger partial charge in [-0.2, -0.15) is 0 Å². The highest BCUT2D eigenvalue weighted by Crippen LogP contribution is 2.26. The molecule has 0 saturated heterocycles. The minimum Gasteiger partial charge on any atom is -0.395 e. The first kappa shape index (κ1) is 15.2. The van der Waals surface area contributed by atoms with Gasteiger partial charge in [-0.15, -0.1) is 11.3 Å². The van der Waals surface area contributed by atoms with Crippen molar-refractivity contribution in [3.8, 4) is 0 Å². The predicted octanol–water partition coefficient (Wildman–Crippen LogP) is 3.64. The second-order valence-corrected chi connectivity index (χ2v) is 6.45. The molecule has 1 heterocycles. The number of nitrogens with one attached hydrogen (secondary N) is 1. The molecule has 0 aliphatic carbocycles. The molecule has 0 amide bonds. The van der Waals surface area contributed by atoms with Crippen LogP contribution in [0.5, 0.6) is 0 Å². The molecule has 0 fully saturated rings. The number of rotatable bonds is 7. The van der Waals surface area contributed by atoms with Crippen LogP contribution in [-0.4, -0.2) is 17.8 Å². The van der Waals surface area contributed by atoms with Crippen LogP contribution in [0.2, 0.25) is 0 Å². The largest absolute Gasteiger partial charge is 0.395 e. The molecule has 1 unspecified atom stereocenters. The van der Waals surface area contributed by atoms with E-state index in [-0.39, 0.29) is 12.6 Å². The molecule has 2 atom stereocenters. The third-order valence-corrected chi connectivity index (χ3v) is 4.43. The summed E-state index contributed by atoms with van der Waals surface area (Å²) in [6, 6.07) is 15.0. The average Bonchev–Trinajstić information content (AvgIpc) is 2.98. The van der Waals surface area contributed by atoms with Crippen LogP contribution in [0.3, 0.4) is 0 Å². The van der Waals surface area contributed by atoms with Gasteiger partial charge >= 0.3 is 0 Å². The molecular formula is C17H23NOS. The van der Waals surface area contributed by atoms with Crippen molar-refractivity contribution >= 4 is 11.3 Å². The van der Waals surface area contributed by atoms with Crippen LogP contribution in [-0.2, 0) is 6.42 Å². The van der Waals surface area contributed by atoms with Crippen molar-refractivity contribution in [2.24, 2.45) is 5.92 Å². The Morgan fingerprint density at radius 1 is 1.10 bits per heavy atom. The van der Waals surface area contributed by atoms with Gasteiger partial charge in [-0.3, -0.25) is 0 Å². The Balaban J connectivity index is 2.04. The first-order valence-electron chi connectivity index (χ1n) is 7.15. The van der Waals surface area contributed by atoms with Crippen LogP contribution in [0.1, 0.15) is 30.3 Å². The second kappa shape index (κ2) is 7.58. The number of aliphatic hydroxyl groups is 1. The Kier molecular flexibility index (Phi) is 5.77. The third-order valence-electron chi connectivity index (χ3n) is 3.48. The number of hydrogen-bond donors (Lipinski definition) is 2. The van der Waals surface area contributed by atoms with E-state index in [0.717, 1.165) is 6.42 Å². The fraction of sp³-hybridized carbons (Fsp3) is 0.412. The van der Waals surface area contributed by atoms with Crippen molar-refractivity contribution < 1.29 is 5.11 Å². The maximum Gasteiger partial charge on any atom is 0.0588 e. The highest BCUT2D eigenvalue weighted by atomic mass is 32.1. The molecule has 2 nitrogen and oxygen atoms in total. The average molecular weight is 289 g/mol. The number of aliphatic hydroxyl groups excluding tert-OH is 1. The van der Waals surface area contributed by atoms with E-state index in [2.05, 4.69) is 48.8 Å². The van der Waals surface area contributed by atoms with Crippen LogP contribution in [0.15, 0.2) is 47.8 Å². The molecule has 0 aliphatic rings. The zero-order valence-electron chi connectivity index (χ0n) is 12.1. The zero-order valence-corrected chi connectivity index (χ0v) is 12.9. The summed E-state index contributed by atoms with van der Waals surface area (Å²) >= 11 is 1.77. The molecule has 0 aliphatic heterocycles. The zero-order chi connectivity index (χ0) is 14.4. The third kappa shape index (κ3) is 4.17. The van der Waals surface area contributed by atoms with Crippen LogP contribution in [0, 0.1) is 5.92 Å². The lowest BCUT2D eigenvalue weighted by Crippen LogP contribution is -2.39. The lowest BCUT2D eigenvalue weighted by molar-refractivity contribution is 0.220. The van der Waals surface area contributed by atoms with Crippen molar-refractivity contribution in [3.63, 3.8) is 0 Å². The van der Waals surface area contributed by atoms with E-state index in [0.29, 0.717) is 12.0 Å². The van der Waals surface area contributed by atoms with E-state index in [1.54, 1.807) is 11.3 Å². The highest BCUT2D eigenvalue weighted by molar-refractivity contribution is 7.10. The molecule has 0 radical (unpaired) electrons. The summed E-state index contributed by atoms with van der Waals surface area (Å²) in [7, 11) is 0. The fourth-order valence-corrected chi connectivity index (χ4v) is 3.36. The second-order valence-electron chi connectivity index (χ2n) is 5.47. The van der Waals surface area contributed by atoms with Crippen LogP contribution < -0.4 is 5.32 Å². The predicted molar refractivity (Wildman–Crippen MR) is 86.1 cm³/mol. The Hall–Kier alpha value is -1.16. The van der Waals surface area contributed by atoms with E-state index in [4.69, 9.17) is 0 Å². The molecule has 0 spiro atoms. The van der Waals surface area contributed by atoms with Crippen molar-refractivity contribution in [2.75, 3.05) is 6.61 Å². The number of benzene rings is 1. The van der Waals surface area contributed by atoms with Crippen molar-refractivity contribution in [1.82, 2.24) is 5.32 Å². The maximum atomic E-state index is 9.66. The number of thiophene rings is 1. The molecule has 108 valence electrons. The summed E-state index contributed by atoms with van der Waals surface area (Å²) in [6.45, 7) is 4.59. The van der Waals surface area contributed by atoms with Crippen LogP contribution >= 0.6 is 11.3 Å². The summed E-state index contributed by atoms with van der Waals surface area (Å²) in [5, 5.41) is 15.4. The molecule has 2 aromatic rings. The van der Waals surface area contributed by atoms with E-state index >= 15 is 0 Å². The smallest absolute Gasteiger partial charge is 0.0588 e. The summed E-state index contributed by atoms with van der Waals surface area (Å²) in [6.07, 6.45) is 0.853. The van der Waals surface area contributed by atoms with Gasteiger partial charge in [0, 0.05) is 17.0 Å². The Labute approximate surface area is 125 Å². The van der Waals surface area contributed by atoms with Crippen molar-refractivity contribution in [2.45, 2.75) is 32.4 Å². The molecule has 0 bridgehead atoms. The molecule has 20 heavy (non-hydrogen) atoms. The summed E-state index contributed by atoms with van der Waals surface area (Å²) in [5.74, 6) is 0.499. The van der Waals surface area contributed by atoms with Gasteiger partial charge in [0.25, 0.3) is 0 Å². The minimum absolute atomic E-state index is 0.0897. The summed E-state index contributed by atoms with van der Waals surface area (Å²) < 4.78 is 0. The Bertz CT molecular complexity index is 481. The molecule has 1 aromatic carbocycles. The SMILES string of the molecule is CC(C)C(N[C@H](CO)Cc1ccccc1)c1cccs1. The quantitative estimate of drug-likeness (QED) is 0.815. The lowest BCUT2D eigenvalue weighted by atomic mass is 9.99. The van der Waals surface area contributed by atoms with Gasteiger partial charge < -0.3 is 10.4 Å². The van der Waals surface area contributed by atoms with Gasteiger partial charge in [0.05, 0.1) is 6.61 Å². The van der Waals surface area contributed by atoms with Crippen LogP contribution in [0.4, 0.5) is 0 Å². The standard InChI is InChI=1S/C17H23NOS/c1-13(2)17(16-9-6-10-20-16)18-15(12-19)11-14-7-4-3-5-8-14/h3-10,13,15,17-19H,11-12H2,1-2H3/t15-,17?/m0/s1. The van der Waals surface area contributed by atoms with Gasteiger partial charge in [-0.1, -0.05) is 50.2 Å². The minimum atomic E-state index is 0.0897. The van der Waals surface area contributed by atoms with Crippen molar-refractivity contribution in [3.05, 3.63) is 58.3 Å². The normalized spacial score (nSPS) is 14.4. The van der Waals surface area contributed by atoms with Gasteiger partial charge in [0.2, 0.25) is 0 Å².